The van der Waals surface area contributed by atoms with Gasteiger partial charge in [0.25, 0.3) is 5.91 Å². The van der Waals surface area contributed by atoms with Gasteiger partial charge in [0.2, 0.25) is 0 Å². The molecule has 0 bridgehead atoms. The number of hydrogen-bond acceptors (Lipinski definition) is 4. The van der Waals surface area contributed by atoms with Gasteiger partial charge in [0.1, 0.15) is 17.2 Å². The van der Waals surface area contributed by atoms with E-state index in [2.05, 4.69) is 0 Å². The largest absolute Gasteiger partial charge is 0.497 e. The van der Waals surface area contributed by atoms with Crippen molar-refractivity contribution in [3.8, 4) is 17.2 Å². The summed E-state index contributed by atoms with van der Waals surface area (Å²) in [4.78, 5) is 15.8. The van der Waals surface area contributed by atoms with Crippen LogP contribution in [0.15, 0.2) is 54.6 Å². The first kappa shape index (κ1) is 19.7. The number of hydrogen-bond donors (Lipinski definition) is 0. The molecule has 1 aromatic heterocycles. The van der Waals surface area contributed by atoms with Crippen LogP contribution in [0.4, 0.5) is 0 Å². The second kappa shape index (κ2) is 8.10. The average molecular weight is 418 g/mol. The fourth-order valence-corrected chi connectivity index (χ4v) is 4.47. The summed E-state index contributed by atoms with van der Waals surface area (Å²) < 4.78 is 12.8. The van der Waals surface area contributed by atoms with E-state index in [1.165, 1.54) is 0 Å². The Bertz CT molecular complexity index is 1090. The van der Waals surface area contributed by atoms with Crippen LogP contribution in [0, 0.1) is 0 Å². The minimum atomic E-state index is -0.0307. The van der Waals surface area contributed by atoms with Crippen molar-refractivity contribution >= 4 is 5.91 Å². The Morgan fingerprint density at radius 2 is 1.81 bits per heavy atom. The molecule has 2 aromatic carbocycles. The molecule has 2 heterocycles. The van der Waals surface area contributed by atoms with Crippen LogP contribution in [0.25, 0.3) is 5.69 Å². The summed E-state index contributed by atoms with van der Waals surface area (Å²) in [5, 5.41) is 4.82. The van der Waals surface area contributed by atoms with Crippen LogP contribution < -0.4 is 9.47 Å². The first-order valence-electron chi connectivity index (χ1n) is 10.9. The van der Waals surface area contributed by atoms with E-state index in [0.717, 1.165) is 60.7 Å². The minimum absolute atomic E-state index is 0.0172. The van der Waals surface area contributed by atoms with Crippen molar-refractivity contribution in [2.45, 2.75) is 37.6 Å². The first-order valence-corrected chi connectivity index (χ1v) is 10.9. The highest BCUT2D eigenvalue weighted by atomic mass is 16.5. The maximum atomic E-state index is 13.8. The highest BCUT2D eigenvalue weighted by Crippen LogP contribution is 2.42. The number of carbonyl (C=O) groups excluding carboxylic acids is 1. The van der Waals surface area contributed by atoms with E-state index in [9.17, 15) is 4.79 Å². The third-order valence-electron chi connectivity index (χ3n) is 6.26. The highest BCUT2D eigenvalue weighted by molar-refractivity contribution is 5.94. The lowest BCUT2D eigenvalue weighted by Crippen LogP contribution is -2.32. The van der Waals surface area contributed by atoms with Gasteiger partial charge in [-0.05, 0) is 56.0 Å². The van der Waals surface area contributed by atoms with E-state index in [1.54, 1.807) is 14.2 Å². The quantitative estimate of drug-likeness (QED) is 0.581. The van der Waals surface area contributed by atoms with E-state index < -0.39 is 0 Å². The molecule has 1 saturated heterocycles. The number of para-hydroxylation sites is 1. The summed E-state index contributed by atoms with van der Waals surface area (Å²) in [5.41, 5.74) is 3.58. The Balaban J connectivity index is 1.51. The maximum Gasteiger partial charge on any atom is 0.273 e. The van der Waals surface area contributed by atoms with Crippen LogP contribution in [0.3, 0.4) is 0 Å². The van der Waals surface area contributed by atoms with Gasteiger partial charge in [-0.15, -0.1) is 0 Å². The number of amides is 1. The van der Waals surface area contributed by atoms with E-state index in [4.69, 9.17) is 14.6 Å². The van der Waals surface area contributed by atoms with Gasteiger partial charge in [-0.2, -0.15) is 5.10 Å². The molecule has 160 valence electrons. The molecule has 2 aliphatic rings. The van der Waals surface area contributed by atoms with E-state index in [1.807, 2.05) is 64.2 Å². The predicted octanol–water partition coefficient (Wildman–Crippen LogP) is 4.74. The molecule has 1 saturated carbocycles. The van der Waals surface area contributed by atoms with E-state index in [-0.39, 0.29) is 11.9 Å². The summed E-state index contributed by atoms with van der Waals surface area (Å²) in [6.07, 6.45) is 4.16. The number of nitrogens with zero attached hydrogens (tertiary/aromatic N) is 3. The molecule has 6 heteroatoms. The summed E-state index contributed by atoms with van der Waals surface area (Å²) in [7, 11) is 3.30. The second-order valence-electron chi connectivity index (χ2n) is 8.24. The van der Waals surface area contributed by atoms with Crippen molar-refractivity contribution < 1.29 is 14.3 Å². The average Bonchev–Trinajstić information content (AvgIpc) is 3.39. The van der Waals surface area contributed by atoms with Crippen LogP contribution in [0.1, 0.15) is 59.4 Å². The Kier molecular flexibility index (Phi) is 5.14. The zero-order valence-electron chi connectivity index (χ0n) is 18.0. The number of carbonyl (C=O) groups is 1. The van der Waals surface area contributed by atoms with Gasteiger partial charge in [0.15, 0.2) is 0 Å². The van der Waals surface area contributed by atoms with Crippen LogP contribution in [-0.2, 0) is 0 Å². The fraction of sp³-hybridized carbons (Fsp3) is 0.360. The van der Waals surface area contributed by atoms with Crippen molar-refractivity contribution in [3.63, 3.8) is 0 Å². The number of rotatable bonds is 6. The number of benzene rings is 2. The Morgan fingerprint density at radius 3 is 2.52 bits per heavy atom. The molecule has 3 aromatic rings. The Morgan fingerprint density at radius 1 is 1.00 bits per heavy atom. The Labute approximate surface area is 182 Å². The SMILES string of the molecule is COc1ccc(C2CCCN2C(=O)c2cc(C3CC3)nn2-c2ccccc2)c(OC)c1. The Hall–Kier alpha value is -3.28. The fourth-order valence-electron chi connectivity index (χ4n) is 4.47. The monoisotopic (exact) mass is 417 g/mol. The molecule has 1 unspecified atom stereocenters. The molecule has 2 fully saturated rings. The highest BCUT2D eigenvalue weighted by Gasteiger charge is 2.36. The van der Waals surface area contributed by atoms with Crippen LogP contribution in [-0.4, -0.2) is 41.4 Å². The van der Waals surface area contributed by atoms with Crippen molar-refractivity contribution in [3.05, 3.63) is 71.5 Å². The second-order valence-corrected chi connectivity index (χ2v) is 8.24. The van der Waals surface area contributed by atoms with Gasteiger partial charge in [-0.25, -0.2) is 4.68 Å². The molecule has 1 atom stereocenters. The van der Waals surface area contributed by atoms with E-state index in [0.29, 0.717) is 11.6 Å². The lowest BCUT2D eigenvalue weighted by molar-refractivity contribution is 0.0725. The summed E-state index contributed by atoms with van der Waals surface area (Å²) in [6, 6.07) is 17.7. The topological polar surface area (TPSA) is 56.6 Å². The zero-order valence-corrected chi connectivity index (χ0v) is 18.0. The molecule has 1 amide bonds. The lowest BCUT2D eigenvalue weighted by Gasteiger charge is -2.26. The normalized spacial score (nSPS) is 18.3. The summed E-state index contributed by atoms with van der Waals surface area (Å²) >= 11 is 0. The molecule has 1 aliphatic carbocycles. The summed E-state index contributed by atoms with van der Waals surface area (Å²) in [6.45, 7) is 0.720. The molecule has 1 aliphatic heterocycles. The van der Waals surface area contributed by atoms with Gasteiger partial charge in [-0.3, -0.25) is 4.79 Å². The van der Waals surface area contributed by atoms with Crippen LogP contribution in [0.2, 0.25) is 0 Å². The van der Waals surface area contributed by atoms with Crippen LogP contribution in [0.5, 0.6) is 11.5 Å². The van der Waals surface area contributed by atoms with Gasteiger partial charge >= 0.3 is 0 Å². The maximum absolute atomic E-state index is 13.8. The third kappa shape index (κ3) is 3.67. The first-order chi connectivity index (χ1) is 15.2. The van der Waals surface area contributed by atoms with E-state index >= 15 is 0 Å². The van der Waals surface area contributed by atoms with Gasteiger partial charge in [0, 0.05) is 24.1 Å². The van der Waals surface area contributed by atoms with Crippen molar-refractivity contribution in [1.29, 1.82) is 0 Å². The number of ether oxygens (including phenoxy) is 2. The lowest BCUT2D eigenvalue weighted by atomic mass is 10.0. The third-order valence-corrected chi connectivity index (χ3v) is 6.26. The van der Waals surface area contributed by atoms with Crippen LogP contribution >= 0.6 is 0 Å². The molecule has 0 N–H and O–H groups in total. The van der Waals surface area contributed by atoms with Crippen molar-refractivity contribution in [1.82, 2.24) is 14.7 Å². The molecule has 31 heavy (non-hydrogen) atoms. The number of aromatic nitrogens is 2. The molecular weight excluding hydrogens is 390 g/mol. The van der Waals surface area contributed by atoms with Crippen molar-refractivity contribution in [2.24, 2.45) is 0 Å². The molecular formula is C25H27N3O3. The van der Waals surface area contributed by atoms with Gasteiger partial charge in [0.05, 0.1) is 31.6 Å². The zero-order chi connectivity index (χ0) is 21.4. The minimum Gasteiger partial charge on any atom is -0.497 e. The predicted molar refractivity (Wildman–Crippen MR) is 118 cm³/mol. The molecule has 0 spiro atoms. The molecule has 5 rings (SSSR count). The molecule has 0 radical (unpaired) electrons. The number of likely N-dealkylation sites (tertiary alicyclic amines) is 1. The summed E-state index contributed by atoms with van der Waals surface area (Å²) in [5.74, 6) is 1.99. The molecule has 6 nitrogen and oxygen atoms in total. The number of methoxy groups -OCH3 is 2. The van der Waals surface area contributed by atoms with Gasteiger partial charge < -0.3 is 14.4 Å². The van der Waals surface area contributed by atoms with Gasteiger partial charge in [-0.1, -0.05) is 18.2 Å². The standard InChI is InChI=1S/C25H27N3O3/c1-30-19-12-13-20(24(15-19)31-2)22-9-6-14-27(22)25(29)23-16-21(17-10-11-17)26-28(23)18-7-4-3-5-8-18/h3-5,7-8,12-13,15-17,22H,6,9-11,14H2,1-2H3. The smallest absolute Gasteiger partial charge is 0.273 e. The van der Waals surface area contributed by atoms with Crippen molar-refractivity contribution in [2.75, 3.05) is 20.8 Å².